The Hall–Kier alpha value is -2.18. The molecule has 156 valence electrons. The smallest absolute Gasteiger partial charge is 0.261 e. The fraction of sp³-hybridized carbons (Fsp3) is 0.478. The minimum Gasteiger partial charge on any atom is -0.352 e. The number of hydrogen-bond acceptors (Lipinski definition) is 4. The van der Waals surface area contributed by atoms with Crippen LogP contribution in [0.1, 0.15) is 59.8 Å². The second-order valence-electron chi connectivity index (χ2n) is 7.70. The molecule has 2 N–H and O–H groups in total. The molecule has 1 fully saturated rings. The zero-order valence-corrected chi connectivity index (χ0v) is 18.0. The SMILES string of the molecule is CC1CCCCN1Cc1ccccc1CNC(=O)CCCNC(=O)c1cccs1. The molecule has 1 aromatic carbocycles. The van der Waals surface area contributed by atoms with Crippen LogP contribution in [-0.2, 0) is 17.9 Å². The number of likely N-dealkylation sites (tertiary alicyclic amines) is 1. The van der Waals surface area contributed by atoms with Crippen molar-refractivity contribution in [2.75, 3.05) is 13.1 Å². The van der Waals surface area contributed by atoms with E-state index in [2.05, 4.69) is 40.7 Å². The molecule has 3 rings (SSSR count). The Morgan fingerprint density at radius 3 is 2.69 bits per heavy atom. The third-order valence-electron chi connectivity index (χ3n) is 5.52. The third kappa shape index (κ3) is 6.68. The Balaban J connectivity index is 1.40. The van der Waals surface area contributed by atoms with Crippen LogP contribution in [0.4, 0.5) is 0 Å². The van der Waals surface area contributed by atoms with Crippen molar-refractivity contribution < 1.29 is 9.59 Å². The van der Waals surface area contributed by atoms with Gasteiger partial charge in [0.1, 0.15) is 0 Å². The molecular weight excluding hydrogens is 382 g/mol. The van der Waals surface area contributed by atoms with Gasteiger partial charge < -0.3 is 10.6 Å². The average Bonchev–Trinajstić information content (AvgIpc) is 3.27. The first-order valence-corrected chi connectivity index (χ1v) is 11.4. The normalized spacial score (nSPS) is 17.1. The van der Waals surface area contributed by atoms with Crippen molar-refractivity contribution >= 4 is 23.2 Å². The molecule has 0 bridgehead atoms. The van der Waals surface area contributed by atoms with E-state index in [1.54, 1.807) is 6.07 Å². The van der Waals surface area contributed by atoms with Crippen LogP contribution in [0.3, 0.4) is 0 Å². The minimum atomic E-state index is -0.0683. The van der Waals surface area contributed by atoms with Gasteiger partial charge in [0.2, 0.25) is 5.91 Å². The second-order valence-corrected chi connectivity index (χ2v) is 8.65. The molecule has 29 heavy (non-hydrogen) atoms. The van der Waals surface area contributed by atoms with E-state index in [4.69, 9.17) is 0 Å². The summed E-state index contributed by atoms with van der Waals surface area (Å²) in [5, 5.41) is 7.78. The van der Waals surface area contributed by atoms with E-state index in [-0.39, 0.29) is 11.8 Å². The molecule has 0 radical (unpaired) electrons. The standard InChI is InChI=1S/C23H31N3O2S/c1-18-8-4-5-14-26(18)17-20-10-3-2-9-19(20)16-25-22(27)12-6-13-24-23(28)21-11-7-15-29-21/h2-3,7,9-11,15,18H,4-6,8,12-14,16-17H2,1H3,(H,24,28)(H,25,27). The van der Waals surface area contributed by atoms with Gasteiger partial charge in [0.15, 0.2) is 0 Å². The molecule has 1 unspecified atom stereocenters. The lowest BCUT2D eigenvalue weighted by molar-refractivity contribution is -0.121. The van der Waals surface area contributed by atoms with Crippen molar-refractivity contribution in [3.63, 3.8) is 0 Å². The molecule has 0 saturated carbocycles. The number of nitrogens with zero attached hydrogens (tertiary/aromatic N) is 1. The fourth-order valence-corrected chi connectivity index (χ4v) is 4.36. The van der Waals surface area contributed by atoms with Crippen molar-refractivity contribution in [3.8, 4) is 0 Å². The molecular formula is C23H31N3O2S. The number of thiophene rings is 1. The van der Waals surface area contributed by atoms with Crippen molar-refractivity contribution in [1.29, 1.82) is 0 Å². The van der Waals surface area contributed by atoms with E-state index < -0.39 is 0 Å². The largest absolute Gasteiger partial charge is 0.352 e. The van der Waals surface area contributed by atoms with Crippen LogP contribution in [-0.4, -0.2) is 35.8 Å². The number of carbonyl (C=O) groups is 2. The summed E-state index contributed by atoms with van der Waals surface area (Å²) < 4.78 is 0. The van der Waals surface area contributed by atoms with Crippen LogP contribution in [0.15, 0.2) is 41.8 Å². The summed E-state index contributed by atoms with van der Waals surface area (Å²) in [7, 11) is 0. The third-order valence-corrected chi connectivity index (χ3v) is 6.39. The maximum atomic E-state index is 12.2. The molecule has 1 saturated heterocycles. The van der Waals surface area contributed by atoms with E-state index in [1.807, 2.05) is 17.5 Å². The number of rotatable bonds is 9. The van der Waals surface area contributed by atoms with Gasteiger partial charge in [-0.2, -0.15) is 0 Å². The highest BCUT2D eigenvalue weighted by atomic mass is 32.1. The number of benzene rings is 1. The number of hydrogen-bond donors (Lipinski definition) is 2. The highest BCUT2D eigenvalue weighted by Gasteiger charge is 2.19. The number of nitrogens with one attached hydrogen (secondary N) is 2. The lowest BCUT2D eigenvalue weighted by atomic mass is 10.0. The highest BCUT2D eigenvalue weighted by molar-refractivity contribution is 7.12. The molecule has 1 aliphatic heterocycles. The predicted molar refractivity (Wildman–Crippen MR) is 118 cm³/mol. The van der Waals surface area contributed by atoms with E-state index in [0.29, 0.717) is 36.9 Å². The zero-order valence-electron chi connectivity index (χ0n) is 17.2. The van der Waals surface area contributed by atoms with Crippen LogP contribution in [0, 0.1) is 0 Å². The molecule has 2 aromatic rings. The monoisotopic (exact) mass is 413 g/mol. The summed E-state index contributed by atoms with van der Waals surface area (Å²) in [6.45, 7) is 5.47. The van der Waals surface area contributed by atoms with Crippen molar-refractivity contribution in [1.82, 2.24) is 15.5 Å². The van der Waals surface area contributed by atoms with Crippen LogP contribution in [0.5, 0.6) is 0 Å². The summed E-state index contributed by atoms with van der Waals surface area (Å²) in [5.74, 6) is -0.0437. The van der Waals surface area contributed by atoms with E-state index in [9.17, 15) is 9.59 Å². The first-order chi connectivity index (χ1) is 14.1. The van der Waals surface area contributed by atoms with Gasteiger partial charge >= 0.3 is 0 Å². The molecule has 6 heteroatoms. The van der Waals surface area contributed by atoms with Crippen LogP contribution < -0.4 is 10.6 Å². The van der Waals surface area contributed by atoms with Gasteiger partial charge in [-0.25, -0.2) is 0 Å². The van der Waals surface area contributed by atoms with Gasteiger partial charge in [0, 0.05) is 32.1 Å². The summed E-state index contributed by atoms with van der Waals surface area (Å²) in [6.07, 6.45) is 4.91. The van der Waals surface area contributed by atoms with E-state index >= 15 is 0 Å². The highest BCUT2D eigenvalue weighted by Crippen LogP contribution is 2.20. The number of carbonyl (C=O) groups excluding carboxylic acids is 2. The van der Waals surface area contributed by atoms with E-state index in [0.717, 1.165) is 13.1 Å². The van der Waals surface area contributed by atoms with E-state index in [1.165, 1.54) is 41.7 Å². The Morgan fingerprint density at radius 2 is 1.93 bits per heavy atom. The van der Waals surface area contributed by atoms with Crippen molar-refractivity contribution in [2.24, 2.45) is 0 Å². The van der Waals surface area contributed by atoms with Crippen LogP contribution in [0.25, 0.3) is 0 Å². The Bertz CT molecular complexity index is 791. The quantitative estimate of drug-likeness (QED) is 0.612. The van der Waals surface area contributed by atoms with Gasteiger partial charge in [-0.15, -0.1) is 11.3 Å². The van der Waals surface area contributed by atoms with Crippen molar-refractivity contribution in [2.45, 2.75) is 58.2 Å². The summed E-state index contributed by atoms with van der Waals surface area (Å²) in [4.78, 5) is 27.3. The summed E-state index contributed by atoms with van der Waals surface area (Å²) in [6, 6.07) is 12.7. The van der Waals surface area contributed by atoms with Gasteiger partial charge in [-0.1, -0.05) is 36.8 Å². The Labute approximate surface area is 177 Å². The predicted octanol–water partition coefficient (Wildman–Crippen LogP) is 3.95. The van der Waals surface area contributed by atoms with Gasteiger partial charge in [0.05, 0.1) is 4.88 Å². The number of piperidine rings is 1. The molecule has 0 aliphatic carbocycles. The van der Waals surface area contributed by atoms with Crippen LogP contribution in [0.2, 0.25) is 0 Å². The topological polar surface area (TPSA) is 61.4 Å². The Morgan fingerprint density at radius 1 is 1.10 bits per heavy atom. The summed E-state index contributed by atoms with van der Waals surface area (Å²) in [5.41, 5.74) is 2.48. The lowest BCUT2D eigenvalue weighted by Gasteiger charge is -2.33. The van der Waals surface area contributed by atoms with Gasteiger partial charge in [0.25, 0.3) is 5.91 Å². The minimum absolute atomic E-state index is 0.0246. The maximum Gasteiger partial charge on any atom is 0.261 e. The van der Waals surface area contributed by atoms with Crippen LogP contribution >= 0.6 is 11.3 Å². The fourth-order valence-electron chi connectivity index (χ4n) is 3.72. The second kappa shape index (κ2) is 11.1. The lowest BCUT2D eigenvalue weighted by Crippen LogP contribution is -2.37. The van der Waals surface area contributed by atoms with Crippen molar-refractivity contribution in [3.05, 3.63) is 57.8 Å². The molecule has 2 amide bonds. The first kappa shape index (κ1) is 21.5. The zero-order chi connectivity index (χ0) is 20.5. The van der Waals surface area contributed by atoms with Gasteiger partial charge in [-0.3, -0.25) is 14.5 Å². The summed E-state index contributed by atoms with van der Waals surface area (Å²) >= 11 is 1.42. The molecule has 1 aliphatic rings. The number of amides is 2. The first-order valence-electron chi connectivity index (χ1n) is 10.5. The molecule has 1 atom stereocenters. The molecule has 5 nitrogen and oxygen atoms in total. The average molecular weight is 414 g/mol. The molecule has 1 aromatic heterocycles. The molecule has 0 spiro atoms. The maximum absolute atomic E-state index is 12.2. The molecule has 2 heterocycles. The van der Waals surface area contributed by atoms with Gasteiger partial charge in [-0.05, 0) is 55.3 Å². The Kier molecular flexibility index (Phi) is 8.25.